The first-order chi connectivity index (χ1) is 17.4. The molecule has 1 saturated carbocycles. The molecule has 0 radical (unpaired) electrons. The van der Waals surface area contributed by atoms with E-state index in [1.165, 1.54) is 5.56 Å². The SMILES string of the molecule is Cc1cccc(S(=O)(=O)c2c[nH]c3ncc4ncc(C5CC(NCc6ccccc6)CC5C)n4c23)c1. The van der Waals surface area contributed by atoms with Crippen molar-refractivity contribution >= 4 is 26.6 Å². The van der Waals surface area contributed by atoms with Crippen molar-refractivity contribution in [3.8, 4) is 0 Å². The summed E-state index contributed by atoms with van der Waals surface area (Å²) in [4.78, 5) is 12.7. The number of aryl methyl sites for hydroxylation is 1. The van der Waals surface area contributed by atoms with Gasteiger partial charge in [0.2, 0.25) is 9.84 Å². The van der Waals surface area contributed by atoms with Crippen LogP contribution in [0.25, 0.3) is 16.8 Å². The van der Waals surface area contributed by atoms with Crippen LogP contribution in [0.2, 0.25) is 0 Å². The quantitative estimate of drug-likeness (QED) is 0.342. The molecule has 36 heavy (non-hydrogen) atoms. The predicted molar refractivity (Wildman–Crippen MR) is 140 cm³/mol. The molecule has 7 nitrogen and oxygen atoms in total. The van der Waals surface area contributed by atoms with Crippen LogP contribution in [0.5, 0.6) is 0 Å². The van der Waals surface area contributed by atoms with Crippen molar-refractivity contribution in [1.82, 2.24) is 24.7 Å². The molecule has 6 rings (SSSR count). The summed E-state index contributed by atoms with van der Waals surface area (Å²) in [7, 11) is -3.75. The zero-order valence-corrected chi connectivity index (χ0v) is 21.2. The molecule has 0 aliphatic heterocycles. The minimum absolute atomic E-state index is 0.227. The lowest BCUT2D eigenvalue weighted by atomic mass is 9.95. The summed E-state index contributed by atoms with van der Waals surface area (Å²) < 4.78 is 29.4. The van der Waals surface area contributed by atoms with Gasteiger partial charge in [-0.25, -0.2) is 18.4 Å². The van der Waals surface area contributed by atoms with E-state index in [0.29, 0.717) is 28.8 Å². The third-order valence-corrected chi connectivity index (χ3v) is 9.20. The Balaban J connectivity index is 1.39. The summed E-state index contributed by atoms with van der Waals surface area (Å²) in [5, 5.41) is 3.72. The average molecular weight is 500 g/mol. The molecule has 2 aromatic carbocycles. The highest BCUT2D eigenvalue weighted by atomic mass is 32.2. The Morgan fingerprint density at radius 1 is 1.06 bits per heavy atom. The highest BCUT2D eigenvalue weighted by Crippen LogP contribution is 2.41. The van der Waals surface area contributed by atoms with E-state index in [2.05, 4.69) is 51.5 Å². The van der Waals surface area contributed by atoms with E-state index < -0.39 is 9.84 Å². The van der Waals surface area contributed by atoms with Crippen LogP contribution in [0.1, 0.15) is 42.5 Å². The first-order valence-corrected chi connectivity index (χ1v) is 13.8. The van der Waals surface area contributed by atoms with Crippen molar-refractivity contribution in [2.75, 3.05) is 0 Å². The number of imidazole rings is 1. The molecule has 1 fully saturated rings. The van der Waals surface area contributed by atoms with Crippen LogP contribution in [0, 0.1) is 12.8 Å². The molecule has 0 saturated heterocycles. The Bertz CT molecular complexity index is 1660. The lowest BCUT2D eigenvalue weighted by Gasteiger charge is -2.16. The Morgan fingerprint density at radius 2 is 1.89 bits per heavy atom. The van der Waals surface area contributed by atoms with Gasteiger partial charge in [-0.1, -0.05) is 49.4 Å². The molecule has 3 unspecified atom stereocenters. The van der Waals surface area contributed by atoms with E-state index in [9.17, 15) is 8.42 Å². The number of sulfone groups is 1. The first kappa shape index (κ1) is 22.9. The number of rotatable bonds is 6. The third-order valence-electron chi connectivity index (χ3n) is 7.44. The van der Waals surface area contributed by atoms with Gasteiger partial charge < -0.3 is 10.3 Å². The highest BCUT2D eigenvalue weighted by Gasteiger charge is 2.35. The minimum atomic E-state index is -3.75. The standard InChI is InChI=1S/C28H29N5O2S/c1-18-7-6-10-22(11-18)36(34,35)25-16-31-28-27(25)33-24(15-30-26(33)17-32-28)23-13-21(12-19(23)2)29-14-20-8-4-3-5-9-20/h3-11,15-17,19,21,23,29,31H,12-14H2,1-2H3. The fourth-order valence-corrected chi connectivity index (χ4v) is 7.11. The van der Waals surface area contributed by atoms with Gasteiger partial charge in [-0.15, -0.1) is 0 Å². The van der Waals surface area contributed by atoms with Gasteiger partial charge in [-0.2, -0.15) is 0 Å². The number of nitrogens with one attached hydrogen (secondary N) is 2. The van der Waals surface area contributed by atoms with Crippen molar-refractivity contribution < 1.29 is 8.42 Å². The zero-order valence-electron chi connectivity index (χ0n) is 20.3. The number of aromatic amines is 1. The van der Waals surface area contributed by atoms with E-state index in [1.807, 2.05) is 29.7 Å². The minimum Gasteiger partial charge on any atom is -0.343 e. The number of benzene rings is 2. The van der Waals surface area contributed by atoms with Gasteiger partial charge >= 0.3 is 0 Å². The number of fused-ring (bicyclic) bond motifs is 3. The van der Waals surface area contributed by atoms with Gasteiger partial charge in [0.25, 0.3) is 0 Å². The van der Waals surface area contributed by atoms with E-state index >= 15 is 0 Å². The lowest BCUT2D eigenvalue weighted by Crippen LogP contribution is -2.26. The fraction of sp³-hybridized carbons (Fsp3) is 0.286. The Labute approximate surface area is 210 Å². The zero-order chi connectivity index (χ0) is 24.9. The molecule has 1 aliphatic rings. The van der Waals surface area contributed by atoms with Crippen LogP contribution in [0.15, 0.2) is 83.0 Å². The van der Waals surface area contributed by atoms with Gasteiger partial charge in [-0.05, 0) is 48.9 Å². The second-order valence-corrected chi connectivity index (χ2v) is 11.8. The molecule has 3 atom stereocenters. The number of aromatic nitrogens is 4. The fourth-order valence-electron chi connectivity index (χ4n) is 5.60. The third kappa shape index (κ3) is 3.90. The highest BCUT2D eigenvalue weighted by molar-refractivity contribution is 7.91. The summed E-state index contributed by atoms with van der Waals surface area (Å²) >= 11 is 0. The van der Waals surface area contributed by atoms with Gasteiger partial charge in [0, 0.05) is 36.6 Å². The molecule has 0 spiro atoms. The van der Waals surface area contributed by atoms with Gasteiger partial charge in [0.15, 0.2) is 11.3 Å². The maximum absolute atomic E-state index is 13.7. The second-order valence-electron chi connectivity index (χ2n) is 9.92. The number of hydrogen-bond acceptors (Lipinski definition) is 5. The van der Waals surface area contributed by atoms with Crippen LogP contribution in [-0.2, 0) is 16.4 Å². The van der Waals surface area contributed by atoms with Gasteiger partial charge in [0.1, 0.15) is 10.4 Å². The Hall–Kier alpha value is -3.49. The average Bonchev–Trinajstić information content (AvgIpc) is 3.59. The topological polar surface area (TPSA) is 92.2 Å². The Kier molecular flexibility index (Phi) is 5.65. The van der Waals surface area contributed by atoms with E-state index in [4.69, 9.17) is 0 Å². The molecule has 1 aliphatic carbocycles. The van der Waals surface area contributed by atoms with Gasteiger partial charge in [-0.3, -0.25) is 4.40 Å². The second kappa shape index (κ2) is 8.87. The number of hydrogen-bond donors (Lipinski definition) is 2. The van der Waals surface area contributed by atoms with Crippen LogP contribution >= 0.6 is 0 Å². The molecule has 8 heteroatoms. The molecular formula is C28H29N5O2S. The smallest absolute Gasteiger partial charge is 0.210 e. The molecule has 3 aromatic heterocycles. The maximum Gasteiger partial charge on any atom is 0.210 e. The van der Waals surface area contributed by atoms with Crippen molar-refractivity contribution in [3.63, 3.8) is 0 Å². The van der Waals surface area contributed by atoms with Gasteiger partial charge in [0.05, 0.1) is 11.1 Å². The predicted octanol–water partition coefficient (Wildman–Crippen LogP) is 5.02. The van der Waals surface area contributed by atoms with Crippen LogP contribution in [0.4, 0.5) is 0 Å². The number of H-pyrrole nitrogens is 1. The summed E-state index contributed by atoms with van der Waals surface area (Å²) in [5.74, 6) is 0.681. The lowest BCUT2D eigenvalue weighted by molar-refractivity contribution is 0.499. The summed E-state index contributed by atoms with van der Waals surface area (Å²) in [6.07, 6.45) is 7.18. The molecule has 184 valence electrons. The molecule has 5 aromatic rings. The molecule has 0 bridgehead atoms. The number of nitrogens with zero attached hydrogens (tertiary/aromatic N) is 3. The van der Waals surface area contributed by atoms with E-state index in [0.717, 1.165) is 30.6 Å². The van der Waals surface area contributed by atoms with Crippen LogP contribution in [0.3, 0.4) is 0 Å². The summed E-state index contributed by atoms with van der Waals surface area (Å²) in [6.45, 7) is 5.00. The Morgan fingerprint density at radius 3 is 2.69 bits per heavy atom. The van der Waals surface area contributed by atoms with Crippen molar-refractivity contribution in [2.24, 2.45) is 5.92 Å². The largest absolute Gasteiger partial charge is 0.343 e. The van der Waals surface area contributed by atoms with Crippen molar-refractivity contribution in [3.05, 3.63) is 90.0 Å². The molecular weight excluding hydrogens is 470 g/mol. The molecule has 3 heterocycles. The van der Waals surface area contributed by atoms with Crippen molar-refractivity contribution in [2.45, 2.75) is 55.0 Å². The van der Waals surface area contributed by atoms with Crippen LogP contribution < -0.4 is 5.32 Å². The van der Waals surface area contributed by atoms with Crippen LogP contribution in [-0.4, -0.2) is 33.8 Å². The monoisotopic (exact) mass is 499 g/mol. The van der Waals surface area contributed by atoms with E-state index in [-0.39, 0.29) is 15.7 Å². The summed E-state index contributed by atoms with van der Waals surface area (Å²) in [5.41, 5.74) is 4.97. The van der Waals surface area contributed by atoms with E-state index in [1.54, 1.807) is 30.6 Å². The van der Waals surface area contributed by atoms with Crippen molar-refractivity contribution in [1.29, 1.82) is 0 Å². The maximum atomic E-state index is 13.7. The molecule has 2 N–H and O–H groups in total. The normalized spacial score (nSPS) is 20.4. The summed E-state index contributed by atoms with van der Waals surface area (Å²) in [6, 6.07) is 17.8. The molecule has 0 amide bonds. The first-order valence-electron chi connectivity index (χ1n) is 12.3.